The number of aryl methyl sites for hydroxylation is 1. The molecule has 0 saturated carbocycles. The second kappa shape index (κ2) is 7.44. The van der Waals surface area contributed by atoms with Crippen molar-refractivity contribution in [2.45, 2.75) is 6.92 Å². The summed E-state index contributed by atoms with van der Waals surface area (Å²) in [5, 5.41) is 5.90. The van der Waals surface area contributed by atoms with Crippen LogP contribution in [0.5, 0.6) is 5.75 Å². The minimum absolute atomic E-state index is 0.261. The fourth-order valence-corrected chi connectivity index (χ4v) is 2.30. The fraction of sp³-hybridized carbons (Fsp3) is 0.105. The number of aromatic nitrogens is 2. The van der Waals surface area contributed by atoms with Gasteiger partial charge in [-0.25, -0.2) is 9.97 Å². The highest BCUT2D eigenvalue weighted by Gasteiger charge is 2.12. The standard InChI is InChI=1S/C19H18N4O2/c1-13-8-9-17(25-2)16(12-13)22-18(24)15-10-11-20-19(23-15)21-14-6-4-3-5-7-14/h3-12H,1-2H3,(H,22,24)(H,20,21,23). The molecule has 0 radical (unpaired) electrons. The lowest BCUT2D eigenvalue weighted by Gasteiger charge is -2.11. The topological polar surface area (TPSA) is 76.1 Å². The van der Waals surface area contributed by atoms with Gasteiger partial charge in [0.2, 0.25) is 5.95 Å². The molecule has 1 amide bonds. The van der Waals surface area contributed by atoms with E-state index < -0.39 is 0 Å². The van der Waals surface area contributed by atoms with Crippen LogP contribution in [-0.4, -0.2) is 23.0 Å². The molecule has 25 heavy (non-hydrogen) atoms. The van der Waals surface area contributed by atoms with Crippen LogP contribution in [0.3, 0.4) is 0 Å². The average Bonchev–Trinajstić information content (AvgIpc) is 2.63. The summed E-state index contributed by atoms with van der Waals surface area (Å²) in [6.45, 7) is 1.95. The molecule has 0 atom stereocenters. The van der Waals surface area contributed by atoms with Crippen LogP contribution in [0.2, 0.25) is 0 Å². The molecule has 0 fully saturated rings. The largest absolute Gasteiger partial charge is 0.495 e. The van der Waals surface area contributed by atoms with Crippen LogP contribution in [0, 0.1) is 6.92 Å². The van der Waals surface area contributed by atoms with Crippen molar-refractivity contribution in [2.75, 3.05) is 17.7 Å². The predicted molar refractivity (Wildman–Crippen MR) is 97.4 cm³/mol. The first kappa shape index (κ1) is 16.4. The molecule has 6 heteroatoms. The molecule has 2 aromatic carbocycles. The van der Waals surface area contributed by atoms with E-state index in [1.165, 1.54) is 0 Å². The van der Waals surface area contributed by atoms with E-state index in [2.05, 4.69) is 20.6 Å². The maximum absolute atomic E-state index is 12.5. The van der Waals surface area contributed by atoms with Gasteiger partial charge in [0.1, 0.15) is 11.4 Å². The molecule has 1 aromatic heterocycles. The molecule has 3 aromatic rings. The molecule has 2 N–H and O–H groups in total. The van der Waals surface area contributed by atoms with Gasteiger partial charge < -0.3 is 15.4 Å². The molecule has 6 nitrogen and oxygen atoms in total. The molecule has 0 saturated heterocycles. The van der Waals surface area contributed by atoms with Crippen LogP contribution < -0.4 is 15.4 Å². The second-order valence-electron chi connectivity index (χ2n) is 5.41. The number of benzene rings is 2. The Morgan fingerprint density at radius 2 is 1.88 bits per heavy atom. The van der Waals surface area contributed by atoms with Crippen molar-refractivity contribution in [3.63, 3.8) is 0 Å². The number of hydrogen-bond acceptors (Lipinski definition) is 5. The lowest BCUT2D eigenvalue weighted by molar-refractivity contribution is 0.102. The smallest absolute Gasteiger partial charge is 0.274 e. The van der Waals surface area contributed by atoms with Gasteiger partial charge in [-0.15, -0.1) is 0 Å². The zero-order valence-corrected chi connectivity index (χ0v) is 14.0. The van der Waals surface area contributed by atoms with Gasteiger partial charge in [0, 0.05) is 11.9 Å². The Morgan fingerprint density at radius 3 is 2.64 bits per heavy atom. The molecule has 126 valence electrons. The van der Waals surface area contributed by atoms with E-state index >= 15 is 0 Å². The molecule has 1 heterocycles. The lowest BCUT2D eigenvalue weighted by Crippen LogP contribution is -2.15. The van der Waals surface area contributed by atoms with Crippen molar-refractivity contribution in [1.29, 1.82) is 0 Å². The highest BCUT2D eigenvalue weighted by molar-refractivity contribution is 6.03. The molecular weight excluding hydrogens is 316 g/mol. The molecule has 0 aliphatic heterocycles. The third-order valence-corrected chi connectivity index (χ3v) is 3.52. The highest BCUT2D eigenvalue weighted by Crippen LogP contribution is 2.25. The summed E-state index contributed by atoms with van der Waals surface area (Å²) >= 11 is 0. The first-order chi connectivity index (χ1) is 12.2. The van der Waals surface area contributed by atoms with Crippen LogP contribution in [0.4, 0.5) is 17.3 Å². The fourth-order valence-electron chi connectivity index (χ4n) is 2.30. The zero-order valence-electron chi connectivity index (χ0n) is 14.0. The van der Waals surface area contributed by atoms with Crippen LogP contribution in [-0.2, 0) is 0 Å². The van der Waals surface area contributed by atoms with Crippen LogP contribution in [0.25, 0.3) is 0 Å². The van der Waals surface area contributed by atoms with Crippen molar-refractivity contribution < 1.29 is 9.53 Å². The van der Waals surface area contributed by atoms with Crippen LogP contribution >= 0.6 is 0 Å². The third kappa shape index (κ3) is 4.11. The third-order valence-electron chi connectivity index (χ3n) is 3.52. The van der Waals surface area contributed by atoms with E-state index in [0.29, 0.717) is 17.4 Å². The van der Waals surface area contributed by atoms with E-state index in [-0.39, 0.29) is 11.6 Å². The number of para-hydroxylation sites is 1. The predicted octanol–water partition coefficient (Wildman–Crippen LogP) is 3.79. The van der Waals surface area contributed by atoms with Gasteiger partial charge in [0.25, 0.3) is 5.91 Å². The van der Waals surface area contributed by atoms with E-state index in [1.54, 1.807) is 19.4 Å². The second-order valence-corrected chi connectivity index (χ2v) is 5.41. The van der Waals surface area contributed by atoms with E-state index in [4.69, 9.17) is 4.74 Å². The Hall–Kier alpha value is -3.41. The first-order valence-electron chi connectivity index (χ1n) is 7.77. The van der Waals surface area contributed by atoms with Gasteiger partial charge in [-0.3, -0.25) is 4.79 Å². The summed E-state index contributed by atoms with van der Waals surface area (Å²) in [5.41, 5.74) is 2.73. The molecular formula is C19H18N4O2. The van der Waals surface area contributed by atoms with Gasteiger partial charge in [-0.05, 0) is 42.8 Å². The van der Waals surface area contributed by atoms with Gasteiger partial charge >= 0.3 is 0 Å². The van der Waals surface area contributed by atoms with Crippen LogP contribution in [0.1, 0.15) is 16.1 Å². The number of carbonyl (C=O) groups is 1. The normalized spacial score (nSPS) is 10.2. The van der Waals surface area contributed by atoms with Crippen molar-refractivity contribution in [1.82, 2.24) is 9.97 Å². The van der Waals surface area contributed by atoms with Gasteiger partial charge in [0.15, 0.2) is 0 Å². The number of nitrogens with zero attached hydrogens (tertiary/aromatic N) is 2. The maximum Gasteiger partial charge on any atom is 0.274 e. The number of nitrogens with one attached hydrogen (secondary N) is 2. The Labute approximate surface area is 145 Å². The Balaban J connectivity index is 1.79. The molecule has 0 aliphatic rings. The summed E-state index contributed by atoms with van der Waals surface area (Å²) in [7, 11) is 1.56. The number of ether oxygens (including phenoxy) is 1. The Kier molecular flexibility index (Phi) is 4.89. The van der Waals surface area contributed by atoms with E-state index in [1.807, 2.05) is 55.5 Å². The summed E-state index contributed by atoms with van der Waals surface area (Å²) in [6, 6.07) is 16.7. The summed E-state index contributed by atoms with van der Waals surface area (Å²) in [5.74, 6) is 0.619. The maximum atomic E-state index is 12.5. The SMILES string of the molecule is COc1ccc(C)cc1NC(=O)c1ccnc(Nc2ccccc2)n1. The number of amides is 1. The molecule has 3 rings (SSSR count). The van der Waals surface area contributed by atoms with Gasteiger partial charge in [-0.2, -0.15) is 0 Å². The Bertz CT molecular complexity index is 882. The zero-order chi connectivity index (χ0) is 17.6. The van der Waals surface area contributed by atoms with Crippen molar-refractivity contribution in [3.05, 3.63) is 72.1 Å². The quantitative estimate of drug-likeness (QED) is 0.742. The number of hydrogen-bond donors (Lipinski definition) is 2. The molecule has 0 spiro atoms. The highest BCUT2D eigenvalue weighted by atomic mass is 16.5. The van der Waals surface area contributed by atoms with Crippen molar-refractivity contribution in [2.24, 2.45) is 0 Å². The van der Waals surface area contributed by atoms with Crippen LogP contribution in [0.15, 0.2) is 60.8 Å². The molecule has 0 bridgehead atoms. The number of carbonyl (C=O) groups excluding carboxylic acids is 1. The number of rotatable bonds is 5. The monoisotopic (exact) mass is 334 g/mol. The number of methoxy groups -OCH3 is 1. The Morgan fingerprint density at radius 1 is 1.08 bits per heavy atom. The molecule has 0 unspecified atom stereocenters. The minimum atomic E-state index is -0.331. The number of anilines is 3. The van der Waals surface area contributed by atoms with Gasteiger partial charge in [-0.1, -0.05) is 24.3 Å². The van der Waals surface area contributed by atoms with Gasteiger partial charge in [0.05, 0.1) is 12.8 Å². The van der Waals surface area contributed by atoms with Crippen molar-refractivity contribution in [3.8, 4) is 5.75 Å². The minimum Gasteiger partial charge on any atom is -0.495 e. The summed E-state index contributed by atoms with van der Waals surface area (Å²) in [6.07, 6.45) is 1.54. The average molecular weight is 334 g/mol. The first-order valence-corrected chi connectivity index (χ1v) is 7.77. The summed E-state index contributed by atoms with van der Waals surface area (Å²) < 4.78 is 5.28. The summed E-state index contributed by atoms with van der Waals surface area (Å²) in [4.78, 5) is 20.9. The van der Waals surface area contributed by atoms with Crippen molar-refractivity contribution >= 4 is 23.2 Å². The van der Waals surface area contributed by atoms with E-state index in [9.17, 15) is 4.79 Å². The lowest BCUT2D eigenvalue weighted by atomic mass is 10.2. The molecule has 0 aliphatic carbocycles. The van der Waals surface area contributed by atoms with E-state index in [0.717, 1.165) is 11.3 Å².